The quantitative estimate of drug-likeness (QED) is 0.327. The number of fused-ring (bicyclic) bond motifs is 1. The number of ether oxygens (including phenoxy) is 1. The van der Waals surface area contributed by atoms with Crippen molar-refractivity contribution in [1.82, 2.24) is 9.88 Å². The fraction of sp³-hybridized carbons (Fsp3) is 0.360. The van der Waals surface area contributed by atoms with E-state index in [0.29, 0.717) is 31.7 Å². The van der Waals surface area contributed by atoms with E-state index < -0.39 is 4.92 Å². The van der Waals surface area contributed by atoms with Crippen LogP contribution in [0, 0.1) is 16.0 Å². The Morgan fingerprint density at radius 1 is 1.24 bits per heavy atom. The number of esters is 1. The number of benzene rings is 2. The zero-order chi connectivity index (χ0) is 23.4. The number of non-ortho nitro benzene ring substituents is 1. The summed E-state index contributed by atoms with van der Waals surface area (Å²) in [7, 11) is 0. The van der Waals surface area contributed by atoms with Crippen molar-refractivity contribution >= 4 is 28.5 Å². The van der Waals surface area contributed by atoms with Gasteiger partial charge in [0.1, 0.15) is 0 Å². The summed E-state index contributed by atoms with van der Waals surface area (Å²) >= 11 is 0. The first-order chi connectivity index (χ1) is 16.0. The zero-order valence-corrected chi connectivity index (χ0v) is 18.5. The van der Waals surface area contributed by atoms with E-state index in [1.807, 2.05) is 36.5 Å². The molecule has 0 saturated carbocycles. The van der Waals surface area contributed by atoms with E-state index in [0.717, 1.165) is 22.9 Å². The molecule has 172 valence electrons. The number of H-pyrrole nitrogens is 1. The van der Waals surface area contributed by atoms with E-state index in [2.05, 4.69) is 4.98 Å². The molecule has 4 rings (SSSR count). The molecule has 1 fully saturated rings. The predicted molar refractivity (Wildman–Crippen MR) is 124 cm³/mol. The van der Waals surface area contributed by atoms with Crippen molar-refractivity contribution in [3.05, 3.63) is 76.0 Å². The number of nitro groups is 1. The summed E-state index contributed by atoms with van der Waals surface area (Å²) in [5, 5.41) is 12.4. The van der Waals surface area contributed by atoms with Crippen molar-refractivity contribution < 1.29 is 19.2 Å². The van der Waals surface area contributed by atoms with Gasteiger partial charge in [0.2, 0.25) is 5.91 Å². The Morgan fingerprint density at radius 2 is 2.06 bits per heavy atom. The second-order valence-corrected chi connectivity index (χ2v) is 8.33. The van der Waals surface area contributed by atoms with Crippen LogP contribution in [0.2, 0.25) is 0 Å². The van der Waals surface area contributed by atoms with Gasteiger partial charge in [-0.15, -0.1) is 0 Å². The van der Waals surface area contributed by atoms with Gasteiger partial charge in [-0.3, -0.25) is 19.7 Å². The van der Waals surface area contributed by atoms with Crippen molar-refractivity contribution in [1.29, 1.82) is 0 Å². The van der Waals surface area contributed by atoms with Gasteiger partial charge >= 0.3 is 5.97 Å². The number of hydrogen-bond donors (Lipinski definition) is 1. The maximum absolute atomic E-state index is 13.4. The first-order valence-corrected chi connectivity index (χ1v) is 11.2. The van der Waals surface area contributed by atoms with Crippen LogP contribution < -0.4 is 0 Å². The molecule has 0 spiro atoms. The SMILES string of the molecule is CCOC(=O)[C@@H]1CCCN(C(=O)C[C@H](c2cccc([N+](=O)[O-])c2)c2c[nH]c3ccccc23)C1. The average molecular weight is 450 g/mol. The number of piperidine rings is 1. The molecule has 2 heterocycles. The lowest BCUT2D eigenvalue weighted by molar-refractivity contribution is -0.384. The number of carbonyl (C=O) groups is 2. The summed E-state index contributed by atoms with van der Waals surface area (Å²) in [5.41, 5.74) is 2.56. The molecular formula is C25H27N3O5. The molecule has 0 radical (unpaired) electrons. The van der Waals surface area contributed by atoms with Gasteiger partial charge in [0.25, 0.3) is 5.69 Å². The number of carbonyl (C=O) groups excluding carboxylic acids is 2. The van der Waals surface area contributed by atoms with Gasteiger partial charge in [0.15, 0.2) is 0 Å². The second kappa shape index (κ2) is 9.85. The maximum Gasteiger partial charge on any atom is 0.310 e. The number of hydrogen-bond acceptors (Lipinski definition) is 5. The van der Waals surface area contributed by atoms with Crippen molar-refractivity contribution in [2.45, 2.75) is 32.1 Å². The Bertz CT molecular complexity index is 1170. The number of nitro benzene ring substituents is 1. The van der Waals surface area contributed by atoms with E-state index in [4.69, 9.17) is 4.74 Å². The Morgan fingerprint density at radius 3 is 2.85 bits per heavy atom. The molecule has 1 aliphatic heterocycles. The highest BCUT2D eigenvalue weighted by atomic mass is 16.6. The van der Waals surface area contributed by atoms with Crippen molar-refractivity contribution in [3.8, 4) is 0 Å². The minimum absolute atomic E-state index is 0.00913. The Labute approximate surface area is 191 Å². The van der Waals surface area contributed by atoms with Crippen molar-refractivity contribution in [3.63, 3.8) is 0 Å². The van der Waals surface area contributed by atoms with Crippen molar-refractivity contribution in [2.24, 2.45) is 5.92 Å². The summed E-state index contributed by atoms with van der Waals surface area (Å²) in [6.07, 6.45) is 3.47. The predicted octanol–water partition coefficient (Wildman–Crippen LogP) is 4.40. The largest absolute Gasteiger partial charge is 0.466 e. The zero-order valence-electron chi connectivity index (χ0n) is 18.5. The van der Waals surface area contributed by atoms with Crippen LogP contribution in [0.15, 0.2) is 54.7 Å². The molecule has 0 aliphatic carbocycles. The minimum Gasteiger partial charge on any atom is -0.466 e. The van der Waals surface area contributed by atoms with E-state index in [9.17, 15) is 19.7 Å². The molecule has 8 heteroatoms. The van der Waals surface area contributed by atoms with Crippen LogP contribution in [0.25, 0.3) is 10.9 Å². The molecule has 0 unspecified atom stereocenters. The molecule has 33 heavy (non-hydrogen) atoms. The van der Waals surface area contributed by atoms with Crippen LogP contribution in [0.3, 0.4) is 0 Å². The lowest BCUT2D eigenvalue weighted by Crippen LogP contribution is -2.43. The van der Waals surface area contributed by atoms with Crippen LogP contribution in [0.5, 0.6) is 0 Å². The number of likely N-dealkylation sites (tertiary alicyclic amines) is 1. The van der Waals surface area contributed by atoms with Crippen LogP contribution in [-0.4, -0.2) is 46.4 Å². The van der Waals surface area contributed by atoms with Gasteiger partial charge in [0.05, 0.1) is 17.4 Å². The monoisotopic (exact) mass is 449 g/mol. The number of para-hydroxylation sites is 1. The van der Waals surface area contributed by atoms with Gasteiger partial charge in [-0.1, -0.05) is 30.3 Å². The lowest BCUT2D eigenvalue weighted by Gasteiger charge is -2.32. The first kappa shape index (κ1) is 22.5. The number of aromatic amines is 1. The topological polar surface area (TPSA) is 106 Å². The highest BCUT2D eigenvalue weighted by Crippen LogP contribution is 2.35. The molecule has 0 bridgehead atoms. The Hall–Kier alpha value is -3.68. The van der Waals surface area contributed by atoms with Crippen LogP contribution in [0.1, 0.15) is 43.2 Å². The average Bonchev–Trinajstić information content (AvgIpc) is 3.26. The molecular weight excluding hydrogens is 422 g/mol. The number of amides is 1. The number of rotatable bonds is 7. The fourth-order valence-electron chi connectivity index (χ4n) is 4.60. The standard InChI is InChI=1S/C25H27N3O5/c1-2-33-25(30)18-8-6-12-27(16-18)24(29)14-21(17-7-5-9-19(13-17)28(31)32)22-15-26-23-11-4-3-10-20(22)23/h3-5,7,9-11,13,15,18,21,26H,2,6,8,12,14,16H2,1H3/t18-,21-/m1/s1. The highest BCUT2D eigenvalue weighted by Gasteiger charge is 2.31. The fourth-order valence-corrected chi connectivity index (χ4v) is 4.60. The summed E-state index contributed by atoms with van der Waals surface area (Å²) in [6, 6.07) is 14.3. The molecule has 1 amide bonds. The third kappa shape index (κ3) is 4.89. The van der Waals surface area contributed by atoms with Gasteiger partial charge in [0, 0.05) is 54.7 Å². The lowest BCUT2D eigenvalue weighted by atomic mass is 9.87. The van der Waals surface area contributed by atoms with E-state index in [1.54, 1.807) is 17.9 Å². The molecule has 8 nitrogen and oxygen atoms in total. The minimum atomic E-state index is -0.424. The van der Waals surface area contributed by atoms with E-state index >= 15 is 0 Å². The third-order valence-corrected chi connectivity index (χ3v) is 6.25. The molecule has 3 aromatic rings. The normalized spacial score (nSPS) is 17.0. The van der Waals surface area contributed by atoms with Gasteiger partial charge in [-0.05, 0) is 37.0 Å². The van der Waals surface area contributed by atoms with Gasteiger partial charge in [-0.25, -0.2) is 0 Å². The van der Waals surface area contributed by atoms with Crippen LogP contribution >= 0.6 is 0 Å². The highest BCUT2D eigenvalue weighted by molar-refractivity contribution is 5.86. The molecule has 1 N–H and O–H groups in total. The number of nitrogens with one attached hydrogen (secondary N) is 1. The third-order valence-electron chi connectivity index (χ3n) is 6.25. The number of nitrogens with zero attached hydrogens (tertiary/aromatic N) is 2. The van der Waals surface area contributed by atoms with Gasteiger partial charge in [-0.2, -0.15) is 0 Å². The summed E-state index contributed by atoms with van der Waals surface area (Å²) < 4.78 is 5.16. The van der Waals surface area contributed by atoms with Crippen molar-refractivity contribution in [2.75, 3.05) is 19.7 Å². The van der Waals surface area contributed by atoms with Gasteiger partial charge < -0.3 is 14.6 Å². The second-order valence-electron chi connectivity index (χ2n) is 8.33. The molecule has 1 aromatic heterocycles. The maximum atomic E-state index is 13.4. The smallest absolute Gasteiger partial charge is 0.310 e. The molecule has 1 aliphatic rings. The van der Waals surface area contributed by atoms with E-state index in [1.165, 1.54) is 12.1 Å². The van der Waals surface area contributed by atoms with Crippen LogP contribution in [0.4, 0.5) is 5.69 Å². The van der Waals surface area contributed by atoms with E-state index in [-0.39, 0.29) is 35.8 Å². The van der Waals surface area contributed by atoms with Crippen LogP contribution in [-0.2, 0) is 14.3 Å². The summed E-state index contributed by atoms with van der Waals surface area (Å²) in [6.45, 7) is 3.02. The Balaban J connectivity index is 1.64. The first-order valence-electron chi connectivity index (χ1n) is 11.2. The summed E-state index contributed by atoms with van der Waals surface area (Å²) in [5.74, 6) is -1.02. The molecule has 2 atom stereocenters. The molecule has 2 aromatic carbocycles. The molecule has 1 saturated heterocycles. The summed E-state index contributed by atoms with van der Waals surface area (Å²) in [4.78, 5) is 41.5. The Kier molecular flexibility index (Phi) is 6.72. The number of aromatic nitrogens is 1.